The SMILES string of the molecule is O=C(Nc1ccc(I)c(Br)c1)c1ccc(Cl)c(Cl)c1. The molecule has 0 heterocycles. The van der Waals surface area contributed by atoms with Gasteiger partial charge in [0.25, 0.3) is 5.91 Å². The minimum absolute atomic E-state index is 0.230. The van der Waals surface area contributed by atoms with E-state index in [1.165, 1.54) is 0 Å². The normalized spacial score (nSPS) is 10.3. The molecule has 2 rings (SSSR count). The van der Waals surface area contributed by atoms with Crippen LogP contribution in [0.2, 0.25) is 10.0 Å². The van der Waals surface area contributed by atoms with E-state index in [2.05, 4.69) is 43.8 Å². The minimum Gasteiger partial charge on any atom is -0.322 e. The van der Waals surface area contributed by atoms with Crippen molar-refractivity contribution in [1.82, 2.24) is 0 Å². The Morgan fingerprint density at radius 2 is 1.84 bits per heavy atom. The number of benzene rings is 2. The fraction of sp³-hybridized carbons (Fsp3) is 0. The van der Waals surface area contributed by atoms with E-state index in [0.717, 1.165) is 8.04 Å². The van der Waals surface area contributed by atoms with Crippen molar-refractivity contribution in [2.75, 3.05) is 5.32 Å². The molecule has 0 saturated heterocycles. The molecule has 0 bridgehead atoms. The Balaban J connectivity index is 2.20. The van der Waals surface area contributed by atoms with E-state index in [-0.39, 0.29) is 5.91 Å². The van der Waals surface area contributed by atoms with E-state index in [1.54, 1.807) is 18.2 Å². The summed E-state index contributed by atoms with van der Waals surface area (Å²) in [6.45, 7) is 0. The van der Waals surface area contributed by atoms with Gasteiger partial charge >= 0.3 is 0 Å². The van der Waals surface area contributed by atoms with Crippen molar-refractivity contribution < 1.29 is 4.79 Å². The topological polar surface area (TPSA) is 29.1 Å². The molecule has 1 N–H and O–H groups in total. The number of rotatable bonds is 2. The van der Waals surface area contributed by atoms with Gasteiger partial charge in [-0.2, -0.15) is 0 Å². The first-order valence-electron chi connectivity index (χ1n) is 5.19. The molecule has 0 unspecified atom stereocenters. The van der Waals surface area contributed by atoms with Gasteiger partial charge in [-0.3, -0.25) is 4.79 Å². The summed E-state index contributed by atoms with van der Waals surface area (Å²) >= 11 is 17.3. The second kappa shape index (κ2) is 6.43. The minimum atomic E-state index is -0.230. The molecule has 1 amide bonds. The zero-order valence-electron chi connectivity index (χ0n) is 9.38. The van der Waals surface area contributed by atoms with E-state index in [1.807, 2.05) is 18.2 Å². The summed E-state index contributed by atoms with van der Waals surface area (Å²) in [7, 11) is 0. The van der Waals surface area contributed by atoms with Crippen LogP contribution in [-0.4, -0.2) is 5.91 Å². The summed E-state index contributed by atoms with van der Waals surface area (Å²) < 4.78 is 2.00. The highest BCUT2D eigenvalue weighted by atomic mass is 127. The van der Waals surface area contributed by atoms with E-state index >= 15 is 0 Å². The molecule has 0 aromatic heterocycles. The third-order valence-corrected chi connectivity index (χ3v) is 5.44. The third-order valence-electron chi connectivity index (χ3n) is 2.36. The summed E-state index contributed by atoms with van der Waals surface area (Å²) in [5.41, 5.74) is 1.17. The molecule has 0 saturated carbocycles. The van der Waals surface area contributed by atoms with Crippen molar-refractivity contribution >= 4 is 73.3 Å². The van der Waals surface area contributed by atoms with Gasteiger partial charge in [0.2, 0.25) is 0 Å². The lowest BCUT2D eigenvalue weighted by Crippen LogP contribution is -2.11. The quantitative estimate of drug-likeness (QED) is 0.568. The average molecular weight is 471 g/mol. The number of nitrogens with one attached hydrogen (secondary N) is 1. The molecule has 0 fully saturated rings. The first kappa shape index (κ1) is 15.1. The summed E-state index contributed by atoms with van der Waals surface area (Å²) in [5.74, 6) is -0.230. The Hall–Kier alpha value is -0.300. The van der Waals surface area contributed by atoms with Gasteiger partial charge in [-0.25, -0.2) is 0 Å². The standard InChI is InChI=1S/C13H7BrCl2INO/c14-9-6-8(2-4-12(9)17)18-13(19)7-1-3-10(15)11(16)5-7/h1-6H,(H,18,19). The van der Waals surface area contributed by atoms with Crippen LogP contribution in [0, 0.1) is 3.57 Å². The predicted octanol–water partition coefficient (Wildman–Crippen LogP) is 5.61. The van der Waals surface area contributed by atoms with Crippen LogP contribution < -0.4 is 5.32 Å². The van der Waals surface area contributed by atoms with E-state index in [0.29, 0.717) is 21.3 Å². The van der Waals surface area contributed by atoms with Gasteiger partial charge in [-0.1, -0.05) is 23.2 Å². The van der Waals surface area contributed by atoms with Crippen molar-refractivity contribution in [2.24, 2.45) is 0 Å². The lowest BCUT2D eigenvalue weighted by atomic mass is 10.2. The molecule has 0 aliphatic carbocycles. The van der Waals surface area contributed by atoms with Gasteiger partial charge < -0.3 is 5.32 Å². The van der Waals surface area contributed by atoms with Crippen molar-refractivity contribution in [3.63, 3.8) is 0 Å². The zero-order chi connectivity index (χ0) is 14.0. The van der Waals surface area contributed by atoms with Crippen molar-refractivity contribution in [3.05, 3.63) is 60.0 Å². The number of carbonyl (C=O) groups excluding carboxylic acids is 1. The lowest BCUT2D eigenvalue weighted by Gasteiger charge is -2.07. The number of anilines is 1. The Kier molecular flexibility index (Phi) is 5.11. The summed E-state index contributed by atoms with van der Waals surface area (Å²) in [5, 5.41) is 3.58. The Labute approximate surface area is 142 Å². The van der Waals surface area contributed by atoms with Crippen LogP contribution in [0.15, 0.2) is 40.9 Å². The van der Waals surface area contributed by atoms with E-state index in [4.69, 9.17) is 23.2 Å². The van der Waals surface area contributed by atoms with Gasteiger partial charge in [0, 0.05) is 19.3 Å². The maximum atomic E-state index is 12.0. The molecule has 2 nitrogen and oxygen atoms in total. The molecule has 19 heavy (non-hydrogen) atoms. The van der Waals surface area contributed by atoms with Crippen LogP contribution in [0.1, 0.15) is 10.4 Å². The Bertz CT molecular complexity index is 649. The first-order chi connectivity index (χ1) is 8.97. The van der Waals surface area contributed by atoms with Crippen molar-refractivity contribution in [3.8, 4) is 0 Å². The monoisotopic (exact) mass is 469 g/mol. The first-order valence-corrected chi connectivity index (χ1v) is 7.81. The van der Waals surface area contributed by atoms with E-state index in [9.17, 15) is 4.79 Å². The fourth-order valence-corrected chi connectivity index (χ4v) is 2.43. The molecule has 2 aromatic rings. The van der Waals surface area contributed by atoms with Gasteiger partial charge in [-0.15, -0.1) is 0 Å². The van der Waals surface area contributed by atoms with Crippen LogP contribution >= 0.6 is 61.7 Å². The second-order valence-corrected chi connectivity index (χ2v) is 6.54. The molecule has 0 aliphatic rings. The largest absolute Gasteiger partial charge is 0.322 e. The number of halogens is 4. The van der Waals surface area contributed by atoms with Gasteiger partial charge in [0.1, 0.15) is 0 Å². The number of hydrogen-bond acceptors (Lipinski definition) is 1. The van der Waals surface area contributed by atoms with Crippen LogP contribution in [0.25, 0.3) is 0 Å². The molecule has 2 aromatic carbocycles. The highest BCUT2D eigenvalue weighted by Gasteiger charge is 2.09. The Morgan fingerprint density at radius 1 is 1.11 bits per heavy atom. The number of amides is 1. The summed E-state index contributed by atoms with van der Waals surface area (Å²) in [6.07, 6.45) is 0. The van der Waals surface area contributed by atoms with Crippen LogP contribution in [-0.2, 0) is 0 Å². The smallest absolute Gasteiger partial charge is 0.255 e. The van der Waals surface area contributed by atoms with Gasteiger partial charge in [0.05, 0.1) is 10.0 Å². The maximum Gasteiger partial charge on any atom is 0.255 e. The summed E-state index contributed by atoms with van der Waals surface area (Å²) in [6, 6.07) is 10.4. The van der Waals surface area contributed by atoms with Crippen LogP contribution in [0.4, 0.5) is 5.69 Å². The number of hydrogen-bond donors (Lipinski definition) is 1. The van der Waals surface area contributed by atoms with E-state index < -0.39 is 0 Å². The molecular weight excluding hydrogens is 464 g/mol. The lowest BCUT2D eigenvalue weighted by molar-refractivity contribution is 0.102. The molecule has 0 radical (unpaired) electrons. The van der Waals surface area contributed by atoms with Crippen molar-refractivity contribution in [1.29, 1.82) is 0 Å². The maximum absolute atomic E-state index is 12.0. The fourth-order valence-electron chi connectivity index (χ4n) is 1.41. The third kappa shape index (κ3) is 3.84. The molecule has 98 valence electrons. The van der Waals surface area contributed by atoms with Crippen molar-refractivity contribution in [2.45, 2.75) is 0 Å². The molecule has 0 atom stereocenters. The molecule has 0 spiro atoms. The highest BCUT2D eigenvalue weighted by molar-refractivity contribution is 14.1. The highest BCUT2D eigenvalue weighted by Crippen LogP contribution is 2.25. The van der Waals surface area contributed by atoms with Crippen LogP contribution in [0.5, 0.6) is 0 Å². The zero-order valence-corrected chi connectivity index (χ0v) is 14.6. The molecular formula is C13H7BrCl2INO. The van der Waals surface area contributed by atoms with Gasteiger partial charge in [0.15, 0.2) is 0 Å². The predicted molar refractivity (Wildman–Crippen MR) is 91.3 cm³/mol. The second-order valence-electron chi connectivity index (χ2n) is 3.71. The summed E-state index contributed by atoms with van der Waals surface area (Å²) in [4.78, 5) is 12.0. The molecule has 0 aliphatic heterocycles. The molecule has 6 heteroatoms. The van der Waals surface area contributed by atoms with Crippen LogP contribution in [0.3, 0.4) is 0 Å². The van der Waals surface area contributed by atoms with Gasteiger partial charge in [-0.05, 0) is 74.9 Å². The Morgan fingerprint density at radius 3 is 2.47 bits per heavy atom. The number of carbonyl (C=O) groups is 1. The average Bonchev–Trinajstić information content (AvgIpc) is 2.37.